The normalized spacial score (nSPS) is 24.7. The molecule has 0 N–H and O–H groups in total. The third kappa shape index (κ3) is 1.97. The van der Waals surface area contributed by atoms with Gasteiger partial charge in [0, 0.05) is 11.5 Å². The summed E-state index contributed by atoms with van der Waals surface area (Å²) in [6, 6.07) is 9.94. The topological polar surface area (TPSA) is 38.9 Å². The van der Waals surface area contributed by atoms with Gasteiger partial charge < -0.3 is 4.52 Å². The maximum Gasteiger partial charge on any atom is 0.257 e. The quantitative estimate of drug-likeness (QED) is 0.828. The molecule has 19 heavy (non-hydrogen) atoms. The molecule has 2 atom stereocenters. The minimum Gasteiger partial charge on any atom is -0.334 e. The van der Waals surface area contributed by atoms with E-state index in [2.05, 4.69) is 37.8 Å². The van der Waals surface area contributed by atoms with Gasteiger partial charge in [-0.1, -0.05) is 51.1 Å². The first kappa shape index (κ1) is 12.4. The molecule has 3 nitrogen and oxygen atoms in total. The zero-order valence-electron chi connectivity index (χ0n) is 11.9. The number of hydrogen-bond acceptors (Lipinski definition) is 3. The largest absolute Gasteiger partial charge is 0.334 e. The van der Waals surface area contributed by atoms with Crippen LogP contribution in [0.1, 0.15) is 39.4 Å². The first-order valence-corrected chi connectivity index (χ1v) is 6.91. The number of benzene rings is 1. The van der Waals surface area contributed by atoms with Gasteiger partial charge >= 0.3 is 0 Å². The molecule has 1 saturated carbocycles. The summed E-state index contributed by atoms with van der Waals surface area (Å²) in [5, 5.41) is 4.20. The van der Waals surface area contributed by atoms with Crippen LogP contribution in [0.15, 0.2) is 34.9 Å². The van der Waals surface area contributed by atoms with E-state index in [-0.39, 0.29) is 5.41 Å². The second kappa shape index (κ2) is 4.19. The van der Waals surface area contributed by atoms with Crippen molar-refractivity contribution in [3.63, 3.8) is 0 Å². The third-order valence-corrected chi connectivity index (χ3v) is 4.37. The predicted molar refractivity (Wildman–Crippen MR) is 74.6 cm³/mol. The van der Waals surface area contributed by atoms with Crippen LogP contribution in [-0.4, -0.2) is 10.1 Å². The van der Waals surface area contributed by atoms with Crippen molar-refractivity contribution < 1.29 is 4.52 Å². The minimum absolute atomic E-state index is 0.284. The Bertz CT molecular complexity index is 571. The van der Waals surface area contributed by atoms with Crippen molar-refractivity contribution in [2.45, 2.75) is 33.6 Å². The lowest BCUT2D eigenvalue weighted by Crippen LogP contribution is -1.96. The predicted octanol–water partition coefficient (Wildman–Crippen LogP) is 4.13. The fourth-order valence-corrected chi connectivity index (χ4v) is 3.47. The fourth-order valence-electron chi connectivity index (χ4n) is 3.47. The highest BCUT2D eigenvalue weighted by atomic mass is 16.5. The molecule has 0 radical (unpaired) electrons. The van der Waals surface area contributed by atoms with Gasteiger partial charge in [-0.15, -0.1) is 0 Å². The maximum absolute atomic E-state index is 5.41. The van der Waals surface area contributed by atoms with Gasteiger partial charge in [-0.25, -0.2) is 0 Å². The molecule has 2 aromatic rings. The molecule has 1 aliphatic rings. The van der Waals surface area contributed by atoms with Crippen LogP contribution >= 0.6 is 0 Å². The Kier molecular flexibility index (Phi) is 2.73. The lowest BCUT2D eigenvalue weighted by Gasteiger charge is -2.04. The van der Waals surface area contributed by atoms with Crippen molar-refractivity contribution >= 4 is 0 Å². The Morgan fingerprint density at radius 2 is 1.84 bits per heavy atom. The SMILES string of the molecule is CC(C)C1[C@@H](c2noc(-c3ccccc3)n2)C1(C)C. The molecule has 0 bridgehead atoms. The minimum atomic E-state index is 0.284. The summed E-state index contributed by atoms with van der Waals surface area (Å²) < 4.78 is 5.41. The van der Waals surface area contributed by atoms with Crippen LogP contribution < -0.4 is 0 Å². The van der Waals surface area contributed by atoms with Crippen LogP contribution in [0.4, 0.5) is 0 Å². The molecule has 1 aromatic carbocycles. The fraction of sp³-hybridized carbons (Fsp3) is 0.500. The smallest absolute Gasteiger partial charge is 0.257 e. The molecular weight excluding hydrogens is 236 g/mol. The summed E-state index contributed by atoms with van der Waals surface area (Å²) in [5.41, 5.74) is 1.27. The summed E-state index contributed by atoms with van der Waals surface area (Å²) in [6.07, 6.45) is 0. The van der Waals surface area contributed by atoms with E-state index in [0.29, 0.717) is 23.6 Å². The third-order valence-electron chi connectivity index (χ3n) is 4.37. The van der Waals surface area contributed by atoms with Crippen LogP contribution in [0, 0.1) is 17.3 Å². The van der Waals surface area contributed by atoms with Crippen molar-refractivity contribution in [1.29, 1.82) is 0 Å². The Hall–Kier alpha value is -1.64. The molecule has 0 amide bonds. The van der Waals surface area contributed by atoms with Crippen LogP contribution in [0.25, 0.3) is 11.5 Å². The monoisotopic (exact) mass is 256 g/mol. The lowest BCUT2D eigenvalue weighted by atomic mass is 10.0. The summed E-state index contributed by atoms with van der Waals surface area (Å²) in [7, 11) is 0. The summed E-state index contributed by atoms with van der Waals surface area (Å²) in [4.78, 5) is 4.59. The first-order valence-electron chi connectivity index (χ1n) is 6.91. The van der Waals surface area contributed by atoms with Crippen molar-refractivity contribution in [3.05, 3.63) is 36.2 Å². The highest BCUT2D eigenvalue weighted by Crippen LogP contribution is 2.66. The van der Waals surface area contributed by atoms with E-state index in [9.17, 15) is 0 Å². The lowest BCUT2D eigenvalue weighted by molar-refractivity contribution is 0.419. The molecule has 0 saturated heterocycles. The number of hydrogen-bond donors (Lipinski definition) is 0. The molecule has 1 fully saturated rings. The zero-order valence-corrected chi connectivity index (χ0v) is 11.9. The van der Waals surface area contributed by atoms with Crippen LogP contribution in [0.5, 0.6) is 0 Å². The van der Waals surface area contributed by atoms with Gasteiger partial charge in [0.05, 0.1) is 0 Å². The molecular formula is C16H20N2O. The van der Waals surface area contributed by atoms with Crippen LogP contribution in [0.2, 0.25) is 0 Å². The van der Waals surface area contributed by atoms with E-state index in [0.717, 1.165) is 11.4 Å². The van der Waals surface area contributed by atoms with Crippen LogP contribution in [-0.2, 0) is 0 Å². The van der Waals surface area contributed by atoms with E-state index < -0.39 is 0 Å². The van der Waals surface area contributed by atoms with Crippen LogP contribution in [0.3, 0.4) is 0 Å². The van der Waals surface area contributed by atoms with E-state index in [1.54, 1.807) is 0 Å². The maximum atomic E-state index is 5.41. The molecule has 1 aromatic heterocycles. The average molecular weight is 256 g/mol. The Morgan fingerprint density at radius 1 is 1.16 bits per heavy atom. The molecule has 3 heteroatoms. The number of aromatic nitrogens is 2. The van der Waals surface area contributed by atoms with E-state index in [1.165, 1.54) is 0 Å². The van der Waals surface area contributed by atoms with Gasteiger partial charge in [-0.3, -0.25) is 0 Å². The van der Waals surface area contributed by atoms with Gasteiger partial charge in [0.1, 0.15) is 0 Å². The second-order valence-electron chi connectivity index (χ2n) is 6.39. The van der Waals surface area contributed by atoms with Gasteiger partial charge in [0.15, 0.2) is 5.82 Å². The van der Waals surface area contributed by atoms with Crippen molar-refractivity contribution in [3.8, 4) is 11.5 Å². The summed E-state index contributed by atoms with van der Waals surface area (Å²) in [6.45, 7) is 9.12. The van der Waals surface area contributed by atoms with E-state index >= 15 is 0 Å². The molecule has 1 unspecified atom stereocenters. The van der Waals surface area contributed by atoms with E-state index in [4.69, 9.17) is 4.52 Å². The standard InChI is InChI=1S/C16H20N2O/c1-10(2)12-13(16(12,3)4)14-17-15(19-18-14)11-8-6-5-7-9-11/h5-10,12-13H,1-4H3/t12?,13-/m0/s1. The van der Waals surface area contributed by atoms with Crippen molar-refractivity contribution in [1.82, 2.24) is 10.1 Å². The Morgan fingerprint density at radius 3 is 2.42 bits per heavy atom. The van der Waals surface area contributed by atoms with Gasteiger partial charge in [0.2, 0.25) is 0 Å². The zero-order chi connectivity index (χ0) is 13.6. The highest BCUT2D eigenvalue weighted by molar-refractivity contribution is 5.52. The summed E-state index contributed by atoms with van der Waals surface area (Å²) >= 11 is 0. The Labute approximate surface area is 114 Å². The molecule has 1 heterocycles. The van der Waals surface area contributed by atoms with Crippen molar-refractivity contribution in [2.24, 2.45) is 17.3 Å². The molecule has 0 aliphatic heterocycles. The second-order valence-corrected chi connectivity index (χ2v) is 6.39. The number of rotatable bonds is 3. The molecule has 100 valence electrons. The number of nitrogens with zero attached hydrogens (tertiary/aromatic N) is 2. The van der Waals surface area contributed by atoms with Gasteiger partial charge in [-0.05, 0) is 29.4 Å². The first-order chi connectivity index (χ1) is 9.01. The summed E-state index contributed by atoms with van der Waals surface area (Å²) in [5.74, 6) is 3.21. The Balaban J connectivity index is 1.88. The highest BCUT2D eigenvalue weighted by Gasteiger charge is 2.61. The average Bonchev–Trinajstić information content (AvgIpc) is 2.76. The van der Waals surface area contributed by atoms with Gasteiger partial charge in [-0.2, -0.15) is 4.98 Å². The molecule has 0 spiro atoms. The van der Waals surface area contributed by atoms with Gasteiger partial charge in [0.25, 0.3) is 5.89 Å². The molecule has 3 rings (SSSR count). The van der Waals surface area contributed by atoms with E-state index in [1.807, 2.05) is 30.3 Å². The molecule has 1 aliphatic carbocycles. The van der Waals surface area contributed by atoms with Crippen molar-refractivity contribution in [2.75, 3.05) is 0 Å².